The summed E-state index contributed by atoms with van der Waals surface area (Å²) in [7, 11) is 0. The average Bonchev–Trinajstić information content (AvgIpc) is 3.21. The molecular weight excluding hydrogens is 244 g/mol. The number of anilines is 1. The zero-order valence-electron chi connectivity index (χ0n) is 10.6. The largest absolute Gasteiger partial charge is 0.338 e. The van der Waals surface area contributed by atoms with Gasteiger partial charge in [-0.2, -0.15) is 12.6 Å². The molecule has 2 fully saturated rings. The molecule has 0 bridgehead atoms. The summed E-state index contributed by atoms with van der Waals surface area (Å²) in [6, 6.07) is 1.86. The second kappa shape index (κ2) is 5.05. The smallest absolute Gasteiger partial charge is 0.225 e. The van der Waals surface area contributed by atoms with E-state index >= 15 is 0 Å². The summed E-state index contributed by atoms with van der Waals surface area (Å²) >= 11 is 4.48. The van der Waals surface area contributed by atoms with Gasteiger partial charge in [-0.25, -0.2) is 9.97 Å². The van der Waals surface area contributed by atoms with E-state index in [0.29, 0.717) is 5.41 Å². The summed E-state index contributed by atoms with van der Waals surface area (Å²) in [6.45, 7) is 5.53. The summed E-state index contributed by atoms with van der Waals surface area (Å²) in [4.78, 5) is 13.5. The first-order valence-electron chi connectivity index (χ1n) is 6.67. The van der Waals surface area contributed by atoms with Gasteiger partial charge in [0.25, 0.3) is 0 Å². The van der Waals surface area contributed by atoms with Gasteiger partial charge in [0.2, 0.25) is 5.95 Å². The standard InChI is InChI=1S/C13H20N4S/c18-11-13(2-3-13)10-16-6-8-17(9-7-16)12-14-4-1-5-15-12/h1,4-5,18H,2-3,6-11H2. The number of aromatic nitrogens is 2. The Morgan fingerprint density at radius 2 is 1.78 bits per heavy atom. The van der Waals surface area contributed by atoms with Gasteiger partial charge >= 0.3 is 0 Å². The maximum Gasteiger partial charge on any atom is 0.225 e. The molecule has 1 saturated heterocycles. The molecule has 1 aromatic heterocycles. The van der Waals surface area contributed by atoms with E-state index in [1.165, 1.54) is 19.4 Å². The Kier molecular flexibility index (Phi) is 3.43. The third-order valence-electron chi connectivity index (χ3n) is 4.06. The van der Waals surface area contributed by atoms with Gasteiger partial charge in [-0.05, 0) is 30.1 Å². The van der Waals surface area contributed by atoms with Gasteiger partial charge in [-0.15, -0.1) is 0 Å². The molecule has 1 aliphatic heterocycles. The number of piperazine rings is 1. The number of nitrogens with zero attached hydrogens (tertiary/aromatic N) is 4. The molecule has 5 heteroatoms. The second-order valence-corrected chi connectivity index (χ2v) is 5.79. The molecule has 0 aromatic carbocycles. The van der Waals surface area contributed by atoms with Crippen LogP contribution in [-0.2, 0) is 0 Å². The van der Waals surface area contributed by atoms with Crippen LogP contribution in [0, 0.1) is 5.41 Å². The lowest BCUT2D eigenvalue weighted by Gasteiger charge is -2.36. The van der Waals surface area contributed by atoms with Gasteiger partial charge in [0, 0.05) is 45.1 Å². The summed E-state index contributed by atoms with van der Waals surface area (Å²) in [6.07, 6.45) is 6.35. The van der Waals surface area contributed by atoms with E-state index in [0.717, 1.165) is 37.9 Å². The molecular formula is C13H20N4S. The molecule has 0 amide bonds. The van der Waals surface area contributed by atoms with Crippen LogP contribution in [0.5, 0.6) is 0 Å². The topological polar surface area (TPSA) is 32.3 Å². The number of hydrogen-bond donors (Lipinski definition) is 1. The molecule has 0 atom stereocenters. The van der Waals surface area contributed by atoms with Crippen molar-refractivity contribution in [3.63, 3.8) is 0 Å². The highest BCUT2D eigenvalue weighted by Gasteiger charge is 2.42. The molecule has 1 saturated carbocycles. The lowest BCUT2D eigenvalue weighted by Crippen LogP contribution is -2.48. The molecule has 4 nitrogen and oxygen atoms in total. The van der Waals surface area contributed by atoms with Crippen molar-refractivity contribution < 1.29 is 0 Å². The normalized spacial score (nSPS) is 23.1. The minimum absolute atomic E-state index is 0.536. The zero-order chi connectivity index (χ0) is 12.4. The van der Waals surface area contributed by atoms with Crippen molar-refractivity contribution in [2.24, 2.45) is 5.41 Å². The van der Waals surface area contributed by atoms with Crippen molar-refractivity contribution in [3.8, 4) is 0 Å². The predicted molar refractivity (Wildman–Crippen MR) is 76.2 cm³/mol. The highest BCUT2D eigenvalue weighted by molar-refractivity contribution is 7.80. The Labute approximate surface area is 114 Å². The van der Waals surface area contributed by atoms with E-state index in [9.17, 15) is 0 Å². The number of rotatable bonds is 4. The molecule has 1 aliphatic carbocycles. The molecule has 1 aromatic rings. The first kappa shape index (κ1) is 12.2. The van der Waals surface area contributed by atoms with Gasteiger partial charge in [-0.1, -0.05) is 0 Å². The molecule has 2 heterocycles. The lowest BCUT2D eigenvalue weighted by molar-refractivity contribution is 0.217. The average molecular weight is 264 g/mol. The minimum Gasteiger partial charge on any atom is -0.338 e. The molecule has 0 N–H and O–H groups in total. The van der Waals surface area contributed by atoms with Crippen molar-refractivity contribution in [1.29, 1.82) is 0 Å². The monoisotopic (exact) mass is 264 g/mol. The zero-order valence-corrected chi connectivity index (χ0v) is 11.5. The van der Waals surface area contributed by atoms with Gasteiger partial charge in [0.1, 0.15) is 0 Å². The Morgan fingerprint density at radius 1 is 1.11 bits per heavy atom. The van der Waals surface area contributed by atoms with Crippen LogP contribution in [0.15, 0.2) is 18.5 Å². The van der Waals surface area contributed by atoms with Crippen LogP contribution in [0.1, 0.15) is 12.8 Å². The van der Waals surface area contributed by atoms with E-state index in [1.807, 2.05) is 18.5 Å². The number of thiol groups is 1. The predicted octanol–water partition coefficient (Wildman–Crippen LogP) is 1.31. The fourth-order valence-corrected chi connectivity index (χ4v) is 2.99. The van der Waals surface area contributed by atoms with Crippen LogP contribution in [0.4, 0.5) is 5.95 Å². The van der Waals surface area contributed by atoms with Crippen molar-refractivity contribution in [1.82, 2.24) is 14.9 Å². The van der Waals surface area contributed by atoms with Crippen LogP contribution in [0.3, 0.4) is 0 Å². The third-order valence-corrected chi connectivity index (χ3v) is 4.73. The molecule has 98 valence electrons. The highest BCUT2D eigenvalue weighted by Crippen LogP contribution is 2.47. The first-order valence-corrected chi connectivity index (χ1v) is 7.30. The summed E-state index contributed by atoms with van der Waals surface area (Å²) < 4.78 is 0. The molecule has 2 aliphatic rings. The first-order chi connectivity index (χ1) is 8.81. The van der Waals surface area contributed by atoms with Crippen LogP contribution in [0.25, 0.3) is 0 Å². The maximum atomic E-state index is 4.48. The molecule has 3 rings (SSSR count). The second-order valence-electron chi connectivity index (χ2n) is 5.47. The Hall–Kier alpha value is -0.810. The SMILES string of the molecule is SCC1(CN2CCN(c3ncccn3)CC2)CC1. The van der Waals surface area contributed by atoms with Crippen LogP contribution >= 0.6 is 12.6 Å². The Bertz CT molecular complexity index is 385. The Morgan fingerprint density at radius 3 is 2.33 bits per heavy atom. The lowest BCUT2D eigenvalue weighted by atomic mass is 10.1. The van der Waals surface area contributed by atoms with Crippen molar-refractivity contribution >= 4 is 18.6 Å². The maximum absolute atomic E-state index is 4.48. The van der Waals surface area contributed by atoms with Crippen molar-refractivity contribution in [2.45, 2.75) is 12.8 Å². The fourth-order valence-electron chi connectivity index (χ4n) is 2.58. The minimum atomic E-state index is 0.536. The Balaban J connectivity index is 1.52. The van der Waals surface area contributed by atoms with E-state index in [4.69, 9.17) is 0 Å². The molecule has 0 spiro atoms. The highest BCUT2D eigenvalue weighted by atomic mass is 32.1. The fraction of sp³-hybridized carbons (Fsp3) is 0.692. The molecule has 0 radical (unpaired) electrons. The number of hydrogen-bond acceptors (Lipinski definition) is 5. The summed E-state index contributed by atoms with van der Waals surface area (Å²) in [5, 5.41) is 0. The van der Waals surface area contributed by atoms with Gasteiger partial charge in [-0.3, -0.25) is 4.90 Å². The van der Waals surface area contributed by atoms with Gasteiger partial charge in [0.15, 0.2) is 0 Å². The quantitative estimate of drug-likeness (QED) is 0.831. The van der Waals surface area contributed by atoms with E-state index in [-0.39, 0.29) is 0 Å². The van der Waals surface area contributed by atoms with Gasteiger partial charge < -0.3 is 4.90 Å². The summed E-state index contributed by atoms with van der Waals surface area (Å²) in [5.41, 5.74) is 0.536. The van der Waals surface area contributed by atoms with Gasteiger partial charge in [0.05, 0.1) is 0 Å². The van der Waals surface area contributed by atoms with Crippen LogP contribution in [-0.4, -0.2) is 53.3 Å². The van der Waals surface area contributed by atoms with Crippen molar-refractivity contribution in [2.75, 3.05) is 43.4 Å². The van der Waals surface area contributed by atoms with Crippen molar-refractivity contribution in [3.05, 3.63) is 18.5 Å². The van der Waals surface area contributed by atoms with E-state index < -0.39 is 0 Å². The van der Waals surface area contributed by atoms with Crippen LogP contribution in [0.2, 0.25) is 0 Å². The summed E-state index contributed by atoms with van der Waals surface area (Å²) in [5.74, 6) is 1.90. The third kappa shape index (κ3) is 2.62. The molecule has 0 unspecified atom stereocenters. The molecule has 18 heavy (non-hydrogen) atoms. The van der Waals surface area contributed by atoms with E-state index in [2.05, 4.69) is 32.4 Å². The van der Waals surface area contributed by atoms with E-state index in [1.54, 1.807) is 0 Å². The van der Waals surface area contributed by atoms with Crippen LogP contribution < -0.4 is 4.90 Å².